The van der Waals surface area contributed by atoms with E-state index in [1.54, 1.807) is 19.9 Å². The summed E-state index contributed by atoms with van der Waals surface area (Å²) in [4.78, 5) is 18.3. The maximum Gasteiger partial charge on any atom is 0.244 e. The Labute approximate surface area is 191 Å². The molecule has 4 rings (SSSR count). The highest BCUT2D eigenvalue weighted by Gasteiger charge is 2.34. The Bertz CT molecular complexity index is 1180. The molecule has 32 heavy (non-hydrogen) atoms. The maximum atomic E-state index is 13.2. The quantitative estimate of drug-likeness (QED) is 0.564. The average Bonchev–Trinajstić information content (AvgIpc) is 3.40. The fourth-order valence-corrected chi connectivity index (χ4v) is 6.80. The second-order valence-electron chi connectivity index (χ2n) is 7.87. The Morgan fingerprint density at radius 2 is 1.94 bits per heavy atom. The third-order valence-electron chi connectivity index (χ3n) is 5.62. The van der Waals surface area contributed by atoms with E-state index in [0.717, 1.165) is 6.42 Å². The first-order chi connectivity index (χ1) is 15.3. The van der Waals surface area contributed by atoms with Crippen molar-refractivity contribution < 1.29 is 17.7 Å². The van der Waals surface area contributed by atoms with Crippen LogP contribution >= 0.6 is 11.3 Å². The van der Waals surface area contributed by atoms with Gasteiger partial charge >= 0.3 is 0 Å². The van der Waals surface area contributed by atoms with Crippen molar-refractivity contribution in [2.24, 2.45) is 5.92 Å². The number of nitrogens with zero attached hydrogens (tertiary/aromatic N) is 3. The monoisotopic (exact) mass is 474 g/mol. The first kappa shape index (κ1) is 22.6. The molecule has 1 N–H and O–H groups in total. The van der Waals surface area contributed by atoms with Gasteiger partial charge in [-0.2, -0.15) is 9.29 Å². The Hall–Kier alpha value is -2.56. The van der Waals surface area contributed by atoms with Gasteiger partial charge in [0.25, 0.3) is 0 Å². The lowest BCUT2D eigenvalue weighted by atomic mass is 9.97. The fraction of sp³-hybridized carbons (Fsp3) is 0.409. The van der Waals surface area contributed by atoms with Crippen LogP contribution in [0, 0.1) is 19.8 Å². The molecular weight excluding hydrogens is 448 g/mol. The Morgan fingerprint density at radius 1 is 1.22 bits per heavy atom. The summed E-state index contributed by atoms with van der Waals surface area (Å²) >= 11 is 1.33. The number of aromatic nitrogens is 2. The molecule has 3 aromatic rings. The van der Waals surface area contributed by atoms with Gasteiger partial charge in [-0.25, -0.2) is 8.42 Å². The van der Waals surface area contributed by atoms with Crippen LogP contribution in [-0.4, -0.2) is 48.4 Å². The first-order valence-corrected chi connectivity index (χ1v) is 12.8. The van der Waals surface area contributed by atoms with Gasteiger partial charge in [-0.1, -0.05) is 35.5 Å². The molecule has 10 heteroatoms. The molecular formula is C22H26N4O4S2. The van der Waals surface area contributed by atoms with Crippen LogP contribution in [0.1, 0.15) is 29.2 Å². The molecule has 1 aliphatic rings. The maximum absolute atomic E-state index is 13.2. The van der Waals surface area contributed by atoms with Crippen molar-refractivity contribution in [1.29, 1.82) is 0 Å². The summed E-state index contributed by atoms with van der Waals surface area (Å²) in [7, 11) is -3.65. The van der Waals surface area contributed by atoms with Gasteiger partial charge in [0, 0.05) is 37.4 Å². The van der Waals surface area contributed by atoms with E-state index in [1.165, 1.54) is 21.2 Å². The Morgan fingerprint density at radius 3 is 2.59 bits per heavy atom. The smallest absolute Gasteiger partial charge is 0.244 e. The number of benzene rings is 1. The van der Waals surface area contributed by atoms with E-state index in [4.69, 9.17) is 4.52 Å². The number of thiophene rings is 1. The zero-order valence-corrected chi connectivity index (χ0v) is 19.7. The van der Waals surface area contributed by atoms with E-state index in [9.17, 15) is 13.2 Å². The van der Waals surface area contributed by atoms with Gasteiger partial charge in [-0.15, -0.1) is 11.3 Å². The predicted molar refractivity (Wildman–Crippen MR) is 122 cm³/mol. The van der Waals surface area contributed by atoms with Crippen molar-refractivity contribution >= 4 is 27.3 Å². The van der Waals surface area contributed by atoms with Crippen LogP contribution < -0.4 is 5.32 Å². The van der Waals surface area contributed by atoms with Gasteiger partial charge in [-0.3, -0.25) is 4.79 Å². The number of hydrogen-bond acceptors (Lipinski definition) is 7. The minimum atomic E-state index is -3.65. The van der Waals surface area contributed by atoms with Gasteiger partial charge in [0.05, 0.1) is 9.77 Å². The zero-order chi connectivity index (χ0) is 22.7. The molecule has 1 aromatic carbocycles. The number of rotatable bonds is 7. The second kappa shape index (κ2) is 9.51. The van der Waals surface area contributed by atoms with Crippen LogP contribution in [0.5, 0.6) is 0 Å². The molecule has 0 saturated carbocycles. The minimum Gasteiger partial charge on any atom is -0.356 e. The number of aryl methyl sites for hydroxylation is 2. The van der Waals surface area contributed by atoms with Crippen molar-refractivity contribution in [2.45, 2.75) is 38.0 Å². The highest BCUT2D eigenvalue weighted by atomic mass is 32.2. The average molecular weight is 475 g/mol. The standard InChI is InChI=1S/C22H26N4O4S2/c1-15-20(14-19(31-15)21-24-16(2)30-25-21)32(28,29)26-12-9-18(10-13-26)22(27)23-11-8-17-6-4-3-5-7-17/h3-7,14,18H,8-13H2,1-2H3,(H,23,27). The molecule has 8 nitrogen and oxygen atoms in total. The lowest BCUT2D eigenvalue weighted by molar-refractivity contribution is -0.126. The van der Waals surface area contributed by atoms with E-state index in [2.05, 4.69) is 15.5 Å². The van der Waals surface area contributed by atoms with E-state index >= 15 is 0 Å². The number of carbonyl (C=O) groups excluding carboxylic acids is 1. The van der Waals surface area contributed by atoms with Crippen LogP contribution in [0.3, 0.4) is 0 Å². The van der Waals surface area contributed by atoms with E-state index in [-0.39, 0.29) is 16.7 Å². The Balaban J connectivity index is 1.34. The van der Waals surface area contributed by atoms with Gasteiger partial charge in [0.2, 0.25) is 27.6 Å². The predicted octanol–water partition coefficient (Wildman–Crippen LogP) is 3.17. The topological polar surface area (TPSA) is 105 Å². The van der Waals surface area contributed by atoms with Crippen LogP contribution in [0.2, 0.25) is 0 Å². The van der Waals surface area contributed by atoms with Gasteiger partial charge in [0.1, 0.15) is 0 Å². The summed E-state index contributed by atoms with van der Waals surface area (Å²) in [6, 6.07) is 11.6. The summed E-state index contributed by atoms with van der Waals surface area (Å²) in [5, 5.41) is 6.87. The highest BCUT2D eigenvalue weighted by Crippen LogP contribution is 2.34. The number of carbonyl (C=O) groups is 1. The van der Waals surface area contributed by atoms with Crippen LogP contribution in [0.15, 0.2) is 45.8 Å². The highest BCUT2D eigenvalue weighted by molar-refractivity contribution is 7.89. The fourth-order valence-electron chi connectivity index (χ4n) is 3.85. The summed E-state index contributed by atoms with van der Waals surface area (Å²) in [5.74, 6) is 0.653. The van der Waals surface area contributed by atoms with E-state index < -0.39 is 10.0 Å². The lowest BCUT2D eigenvalue weighted by Gasteiger charge is -2.30. The largest absolute Gasteiger partial charge is 0.356 e. The van der Waals surface area contributed by atoms with Gasteiger partial charge in [-0.05, 0) is 37.8 Å². The third-order valence-corrected chi connectivity index (χ3v) is 8.82. The number of amides is 1. The summed E-state index contributed by atoms with van der Waals surface area (Å²) in [5.41, 5.74) is 1.18. The van der Waals surface area contributed by atoms with Crippen molar-refractivity contribution in [1.82, 2.24) is 19.8 Å². The Kier molecular flexibility index (Phi) is 6.73. The number of nitrogens with one attached hydrogen (secondary N) is 1. The number of hydrogen-bond donors (Lipinski definition) is 1. The van der Waals surface area contributed by atoms with Gasteiger partial charge < -0.3 is 9.84 Å². The van der Waals surface area contributed by atoms with Gasteiger partial charge in [0.15, 0.2) is 0 Å². The number of piperidine rings is 1. The van der Waals surface area contributed by atoms with E-state index in [0.29, 0.717) is 53.9 Å². The van der Waals surface area contributed by atoms with Crippen LogP contribution in [0.4, 0.5) is 0 Å². The molecule has 0 aliphatic carbocycles. The summed E-state index contributed by atoms with van der Waals surface area (Å²) < 4.78 is 32.9. The SMILES string of the molecule is Cc1nc(-c2cc(S(=O)(=O)N3CCC(C(=O)NCCc4ccccc4)CC3)c(C)s2)no1. The summed E-state index contributed by atoms with van der Waals surface area (Å²) in [6.07, 6.45) is 1.80. The van der Waals surface area contributed by atoms with Crippen molar-refractivity contribution in [3.8, 4) is 10.7 Å². The molecule has 1 aliphatic heterocycles. The molecule has 3 heterocycles. The molecule has 0 spiro atoms. The number of sulfonamides is 1. The van der Waals surface area contributed by atoms with Crippen molar-refractivity contribution in [3.05, 3.63) is 52.7 Å². The van der Waals surface area contributed by atoms with E-state index in [1.807, 2.05) is 30.3 Å². The lowest BCUT2D eigenvalue weighted by Crippen LogP contribution is -2.43. The molecule has 0 bridgehead atoms. The summed E-state index contributed by atoms with van der Waals surface area (Å²) in [6.45, 7) is 4.70. The molecule has 170 valence electrons. The molecule has 0 unspecified atom stereocenters. The van der Waals surface area contributed by atoms with Crippen LogP contribution in [0.25, 0.3) is 10.7 Å². The van der Waals surface area contributed by atoms with Crippen molar-refractivity contribution in [2.75, 3.05) is 19.6 Å². The second-order valence-corrected chi connectivity index (χ2v) is 11.0. The molecule has 1 fully saturated rings. The molecule has 0 radical (unpaired) electrons. The first-order valence-electron chi connectivity index (χ1n) is 10.6. The zero-order valence-electron chi connectivity index (χ0n) is 18.1. The molecule has 1 saturated heterocycles. The minimum absolute atomic E-state index is 0.000504. The third kappa shape index (κ3) is 4.92. The molecule has 0 atom stereocenters. The molecule has 1 amide bonds. The van der Waals surface area contributed by atoms with Crippen molar-refractivity contribution in [3.63, 3.8) is 0 Å². The normalized spacial score (nSPS) is 15.7. The molecule has 2 aromatic heterocycles. The van der Waals surface area contributed by atoms with Crippen LogP contribution in [-0.2, 0) is 21.2 Å².